The van der Waals surface area contributed by atoms with Crippen LogP contribution in [0.4, 0.5) is 32.0 Å². The lowest BCUT2D eigenvalue weighted by atomic mass is 9.97. The van der Waals surface area contributed by atoms with Crippen LogP contribution < -0.4 is 5.32 Å². The molecule has 39 heavy (non-hydrogen) atoms. The third-order valence-corrected chi connectivity index (χ3v) is 6.67. The van der Waals surface area contributed by atoms with Crippen molar-refractivity contribution in [3.8, 4) is 12.3 Å². The minimum Gasteiger partial charge on any atom is -0.443 e. The van der Waals surface area contributed by atoms with Crippen LogP contribution in [0.3, 0.4) is 0 Å². The number of hydrogen-bond acceptors (Lipinski definition) is 3. The molecule has 3 nitrogen and oxygen atoms in total. The normalized spacial score (nSPS) is 14.7. The number of ether oxygens (including phenoxy) is 1. The number of halogens is 8. The molecule has 3 unspecified atom stereocenters. The smallest absolute Gasteiger partial charge is 0.416 e. The van der Waals surface area contributed by atoms with Gasteiger partial charge in [0.2, 0.25) is 5.13 Å². The minimum absolute atomic E-state index is 0.0193. The highest BCUT2D eigenvalue weighted by Gasteiger charge is 2.37. The number of nitrogens with one attached hydrogen (secondary N) is 1. The minimum atomic E-state index is -4.66. The maximum Gasteiger partial charge on any atom is 0.416 e. The molecule has 0 aliphatic heterocycles. The third-order valence-electron chi connectivity index (χ3n) is 5.75. The quantitative estimate of drug-likeness (QED) is 0.117. The number of alkyl halides is 5. The molecule has 0 aliphatic rings. The Hall–Kier alpha value is -3.16. The highest BCUT2D eigenvalue weighted by molar-refractivity contribution is 9.10. The Morgan fingerprint density at radius 2 is 1.59 bits per heavy atom. The number of benzene rings is 3. The van der Waals surface area contributed by atoms with Crippen LogP contribution in [0.5, 0.6) is 0 Å². The first kappa shape index (κ1) is 30.4. The molecular formula is C28H21BrClF6NO2. The Balaban J connectivity index is 1.88. The number of anilines is 1. The largest absolute Gasteiger partial charge is 0.443 e. The van der Waals surface area contributed by atoms with Gasteiger partial charge in [0.05, 0.1) is 11.3 Å². The fourth-order valence-corrected chi connectivity index (χ4v) is 4.23. The van der Waals surface area contributed by atoms with Gasteiger partial charge in [0, 0.05) is 21.2 Å². The Labute approximate surface area is 234 Å². The monoisotopic (exact) mass is 631 g/mol. The number of rotatable bonds is 8. The topological polar surface area (TPSA) is 38.3 Å². The predicted molar refractivity (Wildman–Crippen MR) is 140 cm³/mol. The Kier molecular flexibility index (Phi) is 9.29. The van der Waals surface area contributed by atoms with Crippen LogP contribution in [0.25, 0.3) is 0 Å². The molecule has 0 saturated heterocycles. The van der Waals surface area contributed by atoms with Crippen molar-refractivity contribution in [2.45, 2.75) is 37.3 Å². The first-order valence-electron chi connectivity index (χ1n) is 11.4. The van der Waals surface area contributed by atoms with Gasteiger partial charge in [-0.15, -0.1) is 6.42 Å². The molecule has 206 valence electrons. The number of carbonyl (C=O) groups excluding carboxylic acids is 1. The van der Waals surface area contributed by atoms with Crippen LogP contribution in [-0.4, -0.2) is 12.0 Å². The molecule has 3 aromatic rings. The van der Waals surface area contributed by atoms with Crippen LogP contribution in [0, 0.1) is 29.9 Å². The summed E-state index contributed by atoms with van der Waals surface area (Å²) in [6.45, 7) is 3.37. The van der Waals surface area contributed by atoms with Crippen molar-refractivity contribution in [1.82, 2.24) is 0 Å². The van der Waals surface area contributed by atoms with Crippen LogP contribution in [0.1, 0.15) is 42.2 Å². The molecular weight excluding hydrogens is 612 g/mol. The third kappa shape index (κ3) is 7.08. The van der Waals surface area contributed by atoms with Crippen molar-refractivity contribution in [1.29, 1.82) is 0 Å². The number of terminal acetylenes is 1. The summed E-state index contributed by atoms with van der Waals surface area (Å²) in [6, 6.07) is 8.92. The van der Waals surface area contributed by atoms with Gasteiger partial charge in [0.15, 0.2) is 6.10 Å². The summed E-state index contributed by atoms with van der Waals surface area (Å²) in [4.78, 5) is 13.0. The Morgan fingerprint density at radius 1 is 0.974 bits per heavy atom. The van der Waals surface area contributed by atoms with E-state index in [9.17, 15) is 26.7 Å². The molecule has 3 atom stereocenters. The van der Waals surface area contributed by atoms with Gasteiger partial charge in [0.25, 0.3) is 0 Å². The summed E-state index contributed by atoms with van der Waals surface area (Å²) < 4.78 is 89.2. The second-order valence-corrected chi connectivity index (χ2v) is 10.3. The first-order valence-corrected chi connectivity index (χ1v) is 12.6. The zero-order chi connectivity index (χ0) is 29.1. The maximum atomic E-state index is 15.6. The molecule has 3 aromatic carbocycles. The van der Waals surface area contributed by atoms with Crippen LogP contribution in [0.2, 0.25) is 0 Å². The van der Waals surface area contributed by atoms with Crippen LogP contribution in [0.15, 0.2) is 65.1 Å². The average molecular weight is 633 g/mol. The summed E-state index contributed by atoms with van der Waals surface area (Å²) >= 11 is 9.15. The second kappa shape index (κ2) is 11.9. The van der Waals surface area contributed by atoms with E-state index in [1.54, 1.807) is 19.9 Å². The van der Waals surface area contributed by atoms with Gasteiger partial charge in [-0.25, -0.2) is 18.0 Å². The van der Waals surface area contributed by atoms with Crippen molar-refractivity contribution in [3.05, 3.63) is 99.0 Å². The van der Waals surface area contributed by atoms with Crippen molar-refractivity contribution >= 4 is 39.2 Å². The molecule has 0 radical (unpaired) electrons. The van der Waals surface area contributed by atoms with Gasteiger partial charge in [-0.2, -0.15) is 13.2 Å². The molecule has 3 rings (SSSR count). The lowest BCUT2D eigenvalue weighted by molar-refractivity contribution is -0.148. The number of carbonyl (C=O) groups is 1. The molecule has 0 aromatic heterocycles. The van der Waals surface area contributed by atoms with Crippen molar-refractivity contribution < 1.29 is 35.9 Å². The van der Waals surface area contributed by atoms with E-state index in [4.69, 9.17) is 22.8 Å². The van der Waals surface area contributed by atoms with E-state index >= 15 is 4.39 Å². The second-order valence-electron chi connectivity index (χ2n) is 8.86. The standard InChI is InChI=1S/C28H21BrClF6NO2/c1-4-24(39-26(38)25(15(2)3)37-23-12-10-19(29)14-22(23)32)16-5-11-21(31)20(13-16)27(30,33)17-6-8-18(9-7-17)28(34,35)36/h1,5-15,24-25,37H,2-3H3. The molecule has 0 fully saturated rings. The molecule has 11 heteroatoms. The van der Waals surface area contributed by atoms with E-state index in [2.05, 4.69) is 27.2 Å². The molecule has 0 heterocycles. The van der Waals surface area contributed by atoms with E-state index in [-0.39, 0.29) is 17.2 Å². The summed E-state index contributed by atoms with van der Waals surface area (Å²) in [7, 11) is 0. The van der Waals surface area contributed by atoms with Crippen molar-refractivity contribution in [2.24, 2.45) is 5.92 Å². The van der Waals surface area contributed by atoms with Crippen molar-refractivity contribution in [3.63, 3.8) is 0 Å². The maximum absolute atomic E-state index is 15.6. The van der Waals surface area contributed by atoms with E-state index in [1.807, 2.05) is 0 Å². The number of hydrogen-bond donors (Lipinski definition) is 1. The van der Waals surface area contributed by atoms with E-state index in [0.717, 1.165) is 30.3 Å². The zero-order valence-corrected chi connectivity index (χ0v) is 22.8. The van der Waals surface area contributed by atoms with Gasteiger partial charge in [-0.1, -0.05) is 65.5 Å². The Bertz CT molecular complexity index is 1390. The molecule has 0 spiro atoms. The molecule has 0 bridgehead atoms. The first-order chi connectivity index (χ1) is 18.1. The molecule has 0 aliphatic carbocycles. The summed E-state index contributed by atoms with van der Waals surface area (Å²) in [5.41, 5.74) is -2.22. The highest BCUT2D eigenvalue weighted by atomic mass is 79.9. The Morgan fingerprint density at radius 3 is 2.13 bits per heavy atom. The predicted octanol–water partition coefficient (Wildman–Crippen LogP) is 8.51. The summed E-state index contributed by atoms with van der Waals surface area (Å²) in [5, 5.41) is -0.299. The zero-order valence-electron chi connectivity index (χ0n) is 20.4. The van der Waals surface area contributed by atoms with E-state index in [1.165, 1.54) is 12.1 Å². The van der Waals surface area contributed by atoms with Crippen molar-refractivity contribution in [2.75, 3.05) is 5.32 Å². The molecule has 0 amide bonds. The fraction of sp³-hybridized carbons (Fsp3) is 0.250. The van der Waals surface area contributed by atoms with Gasteiger partial charge < -0.3 is 10.1 Å². The van der Waals surface area contributed by atoms with Gasteiger partial charge >= 0.3 is 12.1 Å². The highest BCUT2D eigenvalue weighted by Crippen LogP contribution is 2.42. The lowest BCUT2D eigenvalue weighted by Gasteiger charge is -2.25. The average Bonchev–Trinajstić information content (AvgIpc) is 2.86. The van der Waals surface area contributed by atoms with Gasteiger partial charge in [0.1, 0.15) is 17.7 Å². The summed E-state index contributed by atoms with van der Waals surface area (Å²) in [5.74, 6) is -0.749. The van der Waals surface area contributed by atoms with Gasteiger partial charge in [-0.05, 0) is 48.4 Å². The van der Waals surface area contributed by atoms with Crippen LogP contribution in [-0.2, 0) is 20.8 Å². The van der Waals surface area contributed by atoms with Gasteiger partial charge in [-0.3, -0.25) is 0 Å². The van der Waals surface area contributed by atoms with E-state index in [0.29, 0.717) is 16.6 Å². The SMILES string of the molecule is C#CC(OC(=O)C(Nc1ccc(Br)cc1F)C(C)C)c1ccc(F)c(C(F)(Cl)c2ccc(C(F)(F)F)cc2)c1. The number of esters is 1. The molecule has 1 N–H and O–H groups in total. The molecule has 0 saturated carbocycles. The summed E-state index contributed by atoms with van der Waals surface area (Å²) in [6.07, 6.45) is -0.535. The fourth-order valence-electron chi connectivity index (χ4n) is 3.63. The van der Waals surface area contributed by atoms with Crippen LogP contribution >= 0.6 is 27.5 Å². The van der Waals surface area contributed by atoms with E-state index < -0.39 is 57.7 Å². The lowest BCUT2D eigenvalue weighted by Crippen LogP contribution is -2.37.